The highest BCUT2D eigenvalue weighted by Gasteiger charge is 2.54. The molecule has 0 spiro atoms. The lowest BCUT2D eigenvalue weighted by Crippen LogP contribution is -2.32. The van der Waals surface area contributed by atoms with Crippen molar-refractivity contribution in [1.29, 1.82) is 0 Å². The van der Waals surface area contributed by atoms with Gasteiger partial charge in [-0.25, -0.2) is 4.98 Å². The molecule has 1 aliphatic carbocycles. The number of rotatable bonds is 5. The predicted octanol–water partition coefficient (Wildman–Crippen LogP) is 3.01. The second kappa shape index (κ2) is 7.60. The Morgan fingerprint density at radius 3 is 2.93 bits per heavy atom. The Morgan fingerprint density at radius 2 is 2.17 bits per heavy atom. The van der Waals surface area contributed by atoms with E-state index in [1.54, 1.807) is 18.6 Å². The maximum atomic E-state index is 11.1. The summed E-state index contributed by atoms with van der Waals surface area (Å²) in [6.45, 7) is 4.15. The van der Waals surface area contributed by atoms with Gasteiger partial charge in [-0.05, 0) is 36.5 Å². The molecule has 1 saturated carbocycles. The number of hydrogen-bond acceptors (Lipinski definition) is 8. The molecule has 0 bridgehead atoms. The first-order chi connectivity index (χ1) is 14.6. The van der Waals surface area contributed by atoms with Crippen molar-refractivity contribution >= 4 is 5.97 Å². The highest BCUT2D eigenvalue weighted by molar-refractivity contribution is 5.69. The molecule has 1 aromatic carbocycles. The van der Waals surface area contributed by atoms with Gasteiger partial charge in [0, 0.05) is 39.0 Å². The zero-order valence-electron chi connectivity index (χ0n) is 16.8. The van der Waals surface area contributed by atoms with Gasteiger partial charge in [-0.1, -0.05) is 23.7 Å². The van der Waals surface area contributed by atoms with E-state index in [-0.39, 0.29) is 11.4 Å². The van der Waals surface area contributed by atoms with Gasteiger partial charge in [0.15, 0.2) is 0 Å². The van der Waals surface area contributed by atoms with Crippen LogP contribution < -0.4 is 4.74 Å². The summed E-state index contributed by atoms with van der Waals surface area (Å²) in [5.74, 6) is 1.99. The van der Waals surface area contributed by atoms with Gasteiger partial charge in [-0.3, -0.25) is 14.7 Å². The molecule has 3 heterocycles. The lowest BCUT2D eigenvalue weighted by atomic mass is 9.80. The average molecular weight is 405 g/mol. The number of ether oxygens (including phenoxy) is 1. The van der Waals surface area contributed by atoms with Gasteiger partial charge in [-0.15, -0.1) is 0 Å². The first-order valence-electron chi connectivity index (χ1n) is 10.2. The van der Waals surface area contributed by atoms with E-state index in [0.717, 1.165) is 31.9 Å². The SMILES string of the molecule is CC(=O)Oc1ccc(CN2C[C@H]3CCC[C@@]3(c3nc(-c4cnccn4)no3)C2)cc1. The number of aromatic nitrogens is 4. The summed E-state index contributed by atoms with van der Waals surface area (Å²) < 4.78 is 10.9. The number of nitrogens with zero attached hydrogens (tertiary/aromatic N) is 5. The molecular weight excluding hydrogens is 382 g/mol. The van der Waals surface area contributed by atoms with Crippen LogP contribution >= 0.6 is 0 Å². The molecule has 2 aromatic heterocycles. The fraction of sp³-hybridized carbons (Fsp3) is 0.409. The van der Waals surface area contributed by atoms with E-state index in [0.29, 0.717) is 23.2 Å². The highest BCUT2D eigenvalue weighted by Crippen LogP contribution is 2.50. The molecule has 1 saturated heterocycles. The Labute approximate surface area is 174 Å². The molecule has 8 nitrogen and oxygen atoms in total. The van der Waals surface area contributed by atoms with Gasteiger partial charge in [0.05, 0.1) is 11.6 Å². The molecule has 30 heavy (non-hydrogen) atoms. The molecule has 8 heteroatoms. The summed E-state index contributed by atoms with van der Waals surface area (Å²) in [7, 11) is 0. The van der Waals surface area contributed by atoms with Gasteiger partial charge in [-0.2, -0.15) is 4.98 Å². The third-order valence-corrected chi connectivity index (χ3v) is 6.18. The smallest absolute Gasteiger partial charge is 0.308 e. The second-order valence-electron chi connectivity index (χ2n) is 8.17. The summed E-state index contributed by atoms with van der Waals surface area (Å²) in [6.07, 6.45) is 8.32. The number of hydrogen-bond donors (Lipinski definition) is 0. The molecular formula is C22H23N5O3. The number of likely N-dealkylation sites (tertiary alicyclic amines) is 1. The monoisotopic (exact) mass is 405 g/mol. The topological polar surface area (TPSA) is 94.2 Å². The fourth-order valence-electron chi connectivity index (χ4n) is 4.89. The zero-order chi connectivity index (χ0) is 20.6. The summed E-state index contributed by atoms with van der Waals surface area (Å²) >= 11 is 0. The molecule has 3 aromatic rings. The van der Waals surface area contributed by atoms with E-state index in [4.69, 9.17) is 14.2 Å². The van der Waals surface area contributed by atoms with Crippen molar-refractivity contribution in [2.75, 3.05) is 13.1 Å². The number of carbonyl (C=O) groups excluding carboxylic acids is 1. The van der Waals surface area contributed by atoms with Gasteiger partial charge in [0.2, 0.25) is 11.7 Å². The van der Waals surface area contributed by atoms with Gasteiger partial charge >= 0.3 is 5.97 Å². The minimum Gasteiger partial charge on any atom is -0.427 e. The van der Waals surface area contributed by atoms with Crippen molar-refractivity contribution in [3.05, 3.63) is 54.3 Å². The quantitative estimate of drug-likeness (QED) is 0.472. The third-order valence-electron chi connectivity index (χ3n) is 6.18. The van der Waals surface area contributed by atoms with Crippen LogP contribution in [0.5, 0.6) is 5.75 Å². The maximum absolute atomic E-state index is 11.1. The van der Waals surface area contributed by atoms with Crippen LogP contribution in [0.15, 0.2) is 47.4 Å². The van der Waals surface area contributed by atoms with Crippen LogP contribution in [0.4, 0.5) is 0 Å². The number of benzene rings is 1. The Kier molecular flexibility index (Phi) is 4.78. The standard InChI is InChI=1S/C22H23N5O3/c1-15(28)29-18-6-4-16(5-7-18)12-27-13-17-3-2-8-22(17,14-27)21-25-20(26-30-21)19-11-23-9-10-24-19/h4-7,9-11,17H,2-3,8,12-14H2,1H3/t17-,22-/m1/s1. The van der Waals surface area contributed by atoms with Crippen LogP contribution in [-0.2, 0) is 16.8 Å². The van der Waals surface area contributed by atoms with E-state index in [9.17, 15) is 4.79 Å². The summed E-state index contributed by atoms with van der Waals surface area (Å²) in [5.41, 5.74) is 1.72. The van der Waals surface area contributed by atoms with E-state index in [1.165, 1.54) is 25.3 Å². The first kappa shape index (κ1) is 18.9. The van der Waals surface area contributed by atoms with Crippen LogP contribution in [0.25, 0.3) is 11.5 Å². The lowest BCUT2D eigenvalue weighted by Gasteiger charge is -2.24. The average Bonchev–Trinajstić information content (AvgIpc) is 3.44. The number of fused-ring (bicyclic) bond motifs is 1. The largest absolute Gasteiger partial charge is 0.427 e. The molecule has 1 aliphatic heterocycles. The van der Waals surface area contributed by atoms with Gasteiger partial charge in [0.1, 0.15) is 11.4 Å². The van der Waals surface area contributed by atoms with Crippen molar-refractivity contribution in [1.82, 2.24) is 25.0 Å². The Morgan fingerprint density at radius 1 is 1.30 bits per heavy atom. The molecule has 0 N–H and O–H groups in total. The molecule has 5 rings (SSSR count). The van der Waals surface area contributed by atoms with Crippen molar-refractivity contribution < 1.29 is 14.1 Å². The summed E-state index contributed by atoms with van der Waals surface area (Å²) in [6, 6.07) is 7.71. The molecule has 0 amide bonds. The van der Waals surface area contributed by atoms with E-state index < -0.39 is 0 Å². The molecule has 154 valence electrons. The lowest BCUT2D eigenvalue weighted by molar-refractivity contribution is -0.131. The first-order valence-corrected chi connectivity index (χ1v) is 10.2. The van der Waals surface area contributed by atoms with Crippen LogP contribution in [0.3, 0.4) is 0 Å². The van der Waals surface area contributed by atoms with Crippen molar-refractivity contribution in [3.8, 4) is 17.3 Å². The maximum Gasteiger partial charge on any atom is 0.308 e. The van der Waals surface area contributed by atoms with Crippen LogP contribution in [0, 0.1) is 5.92 Å². The van der Waals surface area contributed by atoms with E-state index in [1.807, 2.05) is 24.3 Å². The molecule has 0 radical (unpaired) electrons. The minimum atomic E-state index is -0.308. The Bertz CT molecular complexity index is 1040. The predicted molar refractivity (Wildman–Crippen MR) is 107 cm³/mol. The van der Waals surface area contributed by atoms with Gasteiger partial charge in [0.25, 0.3) is 0 Å². The molecule has 2 atom stereocenters. The third kappa shape index (κ3) is 3.47. The van der Waals surface area contributed by atoms with E-state index in [2.05, 4.69) is 20.0 Å². The zero-order valence-corrected chi connectivity index (χ0v) is 16.8. The number of esters is 1. The molecule has 2 fully saturated rings. The fourth-order valence-corrected chi connectivity index (χ4v) is 4.89. The van der Waals surface area contributed by atoms with Crippen LogP contribution in [0.2, 0.25) is 0 Å². The van der Waals surface area contributed by atoms with Crippen molar-refractivity contribution in [2.45, 2.75) is 38.1 Å². The van der Waals surface area contributed by atoms with E-state index >= 15 is 0 Å². The van der Waals surface area contributed by atoms with Gasteiger partial charge < -0.3 is 9.26 Å². The molecule has 0 unspecified atom stereocenters. The normalized spacial score (nSPS) is 23.4. The molecule has 2 aliphatic rings. The Balaban J connectivity index is 1.33. The minimum absolute atomic E-state index is 0.0921. The summed E-state index contributed by atoms with van der Waals surface area (Å²) in [4.78, 5) is 26.6. The Hall–Kier alpha value is -3.13. The van der Waals surface area contributed by atoms with Crippen molar-refractivity contribution in [3.63, 3.8) is 0 Å². The van der Waals surface area contributed by atoms with Crippen molar-refractivity contribution in [2.24, 2.45) is 5.92 Å². The van der Waals surface area contributed by atoms with Crippen LogP contribution in [-0.4, -0.2) is 44.1 Å². The number of carbonyl (C=O) groups is 1. The second-order valence-corrected chi connectivity index (χ2v) is 8.17. The highest BCUT2D eigenvalue weighted by atomic mass is 16.5. The van der Waals surface area contributed by atoms with Crippen LogP contribution in [0.1, 0.15) is 37.6 Å². The summed E-state index contributed by atoms with van der Waals surface area (Å²) in [5, 5.41) is 4.18.